The molecule has 1 aromatic carbocycles. The van der Waals surface area contributed by atoms with Crippen molar-refractivity contribution in [1.82, 2.24) is 9.78 Å². The predicted octanol–water partition coefficient (Wildman–Crippen LogP) is 3.70. The number of ether oxygens (including phenoxy) is 1. The molecule has 5 heteroatoms. The minimum atomic E-state index is 0.395. The van der Waals surface area contributed by atoms with Crippen LogP contribution in [0.3, 0.4) is 0 Å². The molecule has 0 N–H and O–H groups in total. The lowest BCUT2D eigenvalue weighted by Gasteiger charge is -2.09. The van der Waals surface area contributed by atoms with Gasteiger partial charge in [-0.25, -0.2) is 0 Å². The van der Waals surface area contributed by atoms with E-state index in [0.717, 1.165) is 22.6 Å². The summed E-state index contributed by atoms with van der Waals surface area (Å²) >= 11 is 12.0. The largest absolute Gasteiger partial charge is 0.488 e. The standard InChI is InChI=1S/C13H14Cl2N2O/c1-9-11(13(15)17(2)16-9)8-18-12-6-4-3-5-10(12)7-14/h3-6H,7-8H2,1-2H3. The summed E-state index contributed by atoms with van der Waals surface area (Å²) in [4.78, 5) is 0. The summed E-state index contributed by atoms with van der Waals surface area (Å²) in [5.74, 6) is 1.21. The first kappa shape index (κ1) is 13.2. The summed E-state index contributed by atoms with van der Waals surface area (Å²) in [6, 6.07) is 7.70. The third-order valence-corrected chi connectivity index (χ3v) is 3.52. The first-order chi connectivity index (χ1) is 8.63. The molecule has 18 heavy (non-hydrogen) atoms. The molecule has 1 heterocycles. The average molecular weight is 285 g/mol. The average Bonchev–Trinajstić information content (AvgIpc) is 2.62. The summed E-state index contributed by atoms with van der Waals surface area (Å²) in [5, 5.41) is 4.85. The van der Waals surface area contributed by atoms with Crippen molar-refractivity contribution in [2.24, 2.45) is 7.05 Å². The zero-order valence-electron chi connectivity index (χ0n) is 10.3. The van der Waals surface area contributed by atoms with Crippen LogP contribution in [0.2, 0.25) is 5.15 Å². The normalized spacial score (nSPS) is 10.7. The van der Waals surface area contributed by atoms with E-state index in [9.17, 15) is 0 Å². The van der Waals surface area contributed by atoms with Gasteiger partial charge < -0.3 is 4.74 Å². The number of hydrogen-bond acceptors (Lipinski definition) is 2. The van der Waals surface area contributed by atoms with Gasteiger partial charge >= 0.3 is 0 Å². The van der Waals surface area contributed by atoms with Crippen molar-refractivity contribution in [3.63, 3.8) is 0 Å². The van der Waals surface area contributed by atoms with Crippen molar-refractivity contribution in [2.45, 2.75) is 19.4 Å². The van der Waals surface area contributed by atoms with Crippen molar-refractivity contribution in [1.29, 1.82) is 0 Å². The van der Waals surface area contributed by atoms with Crippen LogP contribution in [-0.4, -0.2) is 9.78 Å². The molecule has 0 spiro atoms. The van der Waals surface area contributed by atoms with Gasteiger partial charge in [0.15, 0.2) is 0 Å². The topological polar surface area (TPSA) is 27.1 Å². The highest BCUT2D eigenvalue weighted by Crippen LogP contribution is 2.24. The van der Waals surface area contributed by atoms with E-state index >= 15 is 0 Å². The number of nitrogens with zero attached hydrogens (tertiary/aromatic N) is 2. The van der Waals surface area contributed by atoms with E-state index in [4.69, 9.17) is 27.9 Å². The Morgan fingerprint density at radius 2 is 2.06 bits per heavy atom. The van der Waals surface area contributed by atoms with Crippen molar-refractivity contribution in [3.05, 3.63) is 46.2 Å². The fourth-order valence-corrected chi connectivity index (χ4v) is 2.19. The Bertz CT molecular complexity index is 552. The molecule has 1 aromatic heterocycles. The molecule has 2 aromatic rings. The van der Waals surface area contributed by atoms with E-state index < -0.39 is 0 Å². The molecule has 0 atom stereocenters. The second kappa shape index (κ2) is 5.63. The lowest BCUT2D eigenvalue weighted by atomic mass is 10.2. The molecule has 0 radical (unpaired) electrons. The zero-order valence-corrected chi connectivity index (χ0v) is 11.8. The van der Waals surface area contributed by atoms with Gasteiger partial charge in [-0.3, -0.25) is 4.68 Å². The van der Waals surface area contributed by atoms with Gasteiger partial charge in [-0.15, -0.1) is 11.6 Å². The molecule has 0 saturated carbocycles. The molecule has 0 amide bonds. The lowest BCUT2D eigenvalue weighted by Crippen LogP contribution is -1.99. The Labute approximate surface area is 116 Å². The highest BCUT2D eigenvalue weighted by molar-refractivity contribution is 6.30. The van der Waals surface area contributed by atoms with Gasteiger partial charge in [0.2, 0.25) is 0 Å². The van der Waals surface area contributed by atoms with Crippen LogP contribution in [0.4, 0.5) is 0 Å². The number of aromatic nitrogens is 2. The van der Waals surface area contributed by atoms with Crippen LogP contribution in [0.15, 0.2) is 24.3 Å². The summed E-state index contributed by atoms with van der Waals surface area (Å²) in [6.07, 6.45) is 0. The van der Waals surface area contributed by atoms with Crippen molar-refractivity contribution < 1.29 is 4.74 Å². The van der Waals surface area contributed by atoms with Crippen molar-refractivity contribution in [2.75, 3.05) is 0 Å². The summed E-state index contributed by atoms with van der Waals surface area (Å²) < 4.78 is 7.41. The van der Waals surface area contributed by atoms with Gasteiger partial charge in [-0.05, 0) is 13.0 Å². The molecular weight excluding hydrogens is 271 g/mol. The minimum Gasteiger partial charge on any atom is -0.488 e. The van der Waals surface area contributed by atoms with Crippen LogP contribution < -0.4 is 4.74 Å². The van der Waals surface area contributed by atoms with Crippen LogP contribution in [0.25, 0.3) is 0 Å². The van der Waals surface area contributed by atoms with E-state index in [0.29, 0.717) is 17.6 Å². The third kappa shape index (κ3) is 2.62. The number of para-hydroxylation sites is 1. The Balaban J connectivity index is 2.16. The maximum atomic E-state index is 6.15. The predicted molar refractivity (Wildman–Crippen MR) is 73.3 cm³/mol. The molecule has 0 aliphatic heterocycles. The van der Waals surface area contributed by atoms with E-state index in [1.807, 2.05) is 38.2 Å². The van der Waals surface area contributed by atoms with Gasteiger partial charge in [0, 0.05) is 18.2 Å². The molecule has 0 aliphatic carbocycles. The van der Waals surface area contributed by atoms with Crippen LogP contribution in [-0.2, 0) is 19.5 Å². The van der Waals surface area contributed by atoms with Crippen LogP contribution in [0.1, 0.15) is 16.8 Å². The van der Waals surface area contributed by atoms with Gasteiger partial charge in [-0.2, -0.15) is 5.10 Å². The number of hydrogen-bond donors (Lipinski definition) is 0. The monoisotopic (exact) mass is 284 g/mol. The van der Waals surface area contributed by atoms with Crippen molar-refractivity contribution in [3.8, 4) is 5.75 Å². The molecular formula is C13H14Cl2N2O. The SMILES string of the molecule is Cc1nn(C)c(Cl)c1COc1ccccc1CCl. The van der Waals surface area contributed by atoms with E-state index in [1.54, 1.807) is 4.68 Å². The number of rotatable bonds is 4. The van der Waals surface area contributed by atoms with Gasteiger partial charge in [0.1, 0.15) is 17.5 Å². The molecule has 3 nitrogen and oxygen atoms in total. The Hall–Kier alpha value is -1.19. The number of alkyl halides is 1. The maximum absolute atomic E-state index is 6.15. The molecule has 0 fully saturated rings. The van der Waals surface area contributed by atoms with E-state index in [1.165, 1.54) is 0 Å². The molecule has 0 unspecified atom stereocenters. The number of halogens is 2. The second-order valence-electron chi connectivity index (χ2n) is 4.01. The quantitative estimate of drug-likeness (QED) is 0.801. The van der Waals surface area contributed by atoms with E-state index in [-0.39, 0.29) is 0 Å². The first-order valence-corrected chi connectivity index (χ1v) is 6.49. The fraction of sp³-hybridized carbons (Fsp3) is 0.308. The third-order valence-electron chi connectivity index (χ3n) is 2.76. The van der Waals surface area contributed by atoms with Crippen LogP contribution in [0, 0.1) is 6.92 Å². The van der Waals surface area contributed by atoms with Gasteiger partial charge in [0.05, 0.1) is 11.6 Å². The Kier molecular flexibility index (Phi) is 4.15. The van der Waals surface area contributed by atoms with Crippen LogP contribution >= 0.6 is 23.2 Å². The zero-order chi connectivity index (χ0) is 13.1. The molecule has 0 aliphatic rings. The smallest absolute Gasteiger partial charge is 0.133 e. The Morgan fingerprint density at radius 3 is 2.67 bits per heavy atom. The highest BCUT2D eigenvalue weighted by Gasteiger charge is 2.12. The number of benzene rings is 1. The first-order valence-electron chi connectivity index (χ1n) is 5.58. The summed E-state index contributed by atoms with van der Waals surface area (Å²) in [7, 11) is 1.81. The molecule has 2 rings (SSSR count). The molecule has 96 valence electrons. The van der Waals surface area contributed by atoms with E-state index in [2.05, 4.69) is 5.10 Å². The van der Waals surface area contributed by atoms with Crippen molar-refractivity contribution >= 4 is 23.2 Å². The van der Waals surface area contributed by atoms with Crippen LogP contribution in [0.5, 0.6) is 5.75 Å². The second-order valence-corrected chi connectivity index (χ2v) is 4.63. The Morgan fingerprint density at radius 1 is 1.33 bits per heavy atom. The maximum Gasteiger partial charge on any atom is 0.133 e. The molecule has 0 saturated heterocycles. The number of aryl methyl sites for hydroxylation is 2. The fourth-order valence-electron chi connectivity index (χ4n) is 1.74. The summed E-state index contributed by atoms with van der Waals surface area (Å²) in [6.45, 7) is 2.31. The van der Waals surface area contributed by atoms with Gasteiger partial charge in [0.25, 0.3) is 0 Å². The van der Waals surface area contributed by atoms with Gasteiger partial charge in [-0.1, -0.05) is 29.8 Å². The lowest BCUT2D eigenvalue weighted by molar-refractivity contribution is 0.303. The summed E-state index contributed by atoms with van der Waals surface area (Å²) in [5.41, 5.74) is 2.76. The highest BCUT2D eigenvalue weighted by atomic mass is 35.5. The molecule has 0 bridgehead atoms. The minimum absolute atomic E-state index is 0.395.